The number of benzene rings is 2. The van der Waals surface area contributed by atoms with Crippen LogP contribution in [0, 0.1) is 0 Å². The zero-order valence-corrected chi connectivity index (χ0v) is 16.3. The van der Waals surface area contributed by atoms with E-state index in [1.807, 2.05) is 30.3 Å². The highest BCUT2D eigenvalue weighted by atomic mass is 79.9. The highest BCUT2D eigenvalue weighted by Gasteiger charge is 2.17. The van der Waals surface area contributed by atoms with Gasteiger partial charge in [0, 0.05) is 20.6 Å². The lowest BCUT2D eigenvalue weighted by Crippen LogP contribution is -2.06. The number of hydrogen-bond donors (Lipinski definition) is 0. The molecule has 2 aromatic carbocycles. The lowest BCUT2D eigenvalue weighted by Gasteiger charge is -2.12. The average molecular weight is 450 g/mol. The van der Waals surface area contributed by atoms with E-state index < -0.39 is 0 Å². The van der Waals surface area contributed by atoms with Gasteiger partial charge in [0.15, 0.2) is 6.33 Å². The molecule has 0 aliphatic carbocycles. The van der Waals surface area contributed by atoms with Gasteiger partial charge in [-0.2, -0.15) is 9.90 Å². The summed E-state index contributed by atoms with van der Waals surface area (Å²) in [4.78, 5) is 1.51. The van der Waals surface area contributed by atoms with Crippen LogP contribution < -0.4 is 0 Å². The Morgan fingerprint density at radius 3 is 2.50 bits per heavy atom. The molecule has 0 aliphatic rings. The minimum atomic E-state index is 0.441. The van der Waals surface area contributed by atoms with E-state index in [0.29, 0.717) is 16.6 Å². The first-order chi connectivity index (χ1) is 12.6. The predicted molar refractivity (Wildman–Crippen MR) is 104 cm³/mol. The summed E-state index contributed by atoms with van der Waals surface area (Å²) in [6.45, 7) is 0.441. The Morgan fingerprint density at radius 2 is 1.81 bits per heavy atom. The zero-order chi connectivity index (χ0) is 18.1. The summed E-state index contributed by atoms with van der Waals surface area (Å²) in [6.07, 6.45) is 3.19. The summed E-state index contributed by atoms with van der Waals surface area (Å²) < 4.78 is 2.80. The highest BCUT2D eigenvalue weighted by molar-refractivity contribution is 9.10. The minimum absolute atomic E-state index is 0.441. The first-order valence-corrected chi connectivity index (χ1v) is 9.16. The van der Waals surface area contributed by atoms with Crippen LogP contribution in [0.4, 0.5) is 0 Å². The number of nitrogens with zero attached hydrogens (tertiary/aromatic N) is 6. The van der Waals surface area contributed by atoms with Crippen molar-refractivity contribution in [2.75, 3.05) is 0 Å². The van der Waals surface area contributed by atoms with E-state index in [0.717, 1.165) is 27.0 Å². The molecule has 0 atom stereocenters. The number of aromatic nitrogens is 6. The highest BCUT2D eigenvalue weighted by Crippen LogP contribution is 2.32. The van der Waals surface area contributed by atoms with Crippen LogP contribution in [-0.2, 0) is 6.54 Å². The van der Waals surface area contributed by atoms with Gasteiger partial charge in [0.25, 0.3) is 0 Å². The van der Waals surface area contributed by atoms with Crippen molar-refractivity contribution in [1.82, 2.24) is 30.0 Å². The molecule has 0 unspecified atom stereocenters. The maximum absolute atomic E-state index is 6.41. The van der Waals surface area contributed by atoms with Crippen molar-refractivity contribution in [3.8, 4) is 16.9 Å². The van der Waals surface area contributed by atoms with Crippen molar-refractivity contribution >= 4 is 39.1 Å². The molecule has 4 rings (SSSR count). The number of hydrogen-bond acceptors (Lipinski definition) is 4. The van der Waals surface area contributed by atoms with Crippen LogP contribution in [-0.4, -0.2) is 30.0 Å². The first kappa shape index (κ1) is 17.2. The van der Waals surface area contributed by atoms with Crippen molar-refractivity contribution in [3.63, 3.8) is 0 Å². The quantitative estimate of drug-likeness (QED) is 0.455. The smallest absolute Gasteiger partial charge is 0.162 e. The molecule has 0 fully saturated rings. The molecule has 0 radical (unpaired) electrons. The van der Waals surface area contributed by atoms with E-state index in [9.17, 15) is 0 Å². The van der Waals surface area contributed by atoms with Gasteiger partial charge in [0.2, 0.25) is 0 Å². The van der Waals surface area contributed by atoms with Crippen molar-refractivity contribution in [3.05, 3.63) is 75.1 Å². The monoisotopic (exact) mass is 448 g/mol. The fourth-order valence-electron chi connectivity index (χ4n) is 2.66. The molecular weight excluding hydrogens is 439 g/mol. The third-order valence-electron chi connectivity index (χ3n) is 3.80. The molecule has 2 heterocycles. The van der Waals surface area contributed by atoms with E-state index in [1.165, 1.54) is 11.1 Å². The van der Waals surface area contributed by atoms with E-state index >= 15 is 0 Å². The number of halogens is 3. The van der Waals surface area contributed by atoms with Crippen LogP contribution in [0.15, 0.2) is 59.5 Å². The molecule has 6 nitrogen and oxygen atoms in total. The Hall–Kier alpha value is -2.22. The van der Waals surface area contributed by atoms with Crippen LogP contribution in [0.5, 0.6) is 0 Å². The molecule has 0 amide bonds. The largest absolute Gasteiger partial charge is 0.231 e. The van der Waals surface area contributed by atoms with Gasteiger partial charge in [-0.25, -0.2) is 4.68 Å². The van der Waals surface area contributed by atoms with Gasteiger partial charge in [-0.3, -0.25) is 0 Å². The Bertz CT molecular complexity index is 1040. The van der Waals surface area contributed by atoms with Crippen LogP contribution in [0.2, 0.25) is 10.0 Å². The van der Waals surface area contributed by atoms with Gasteiger partial charge in [0.05, 0.1) is 29.1 Å². The van der Waals surface area contributed by atoms with Crippen LogP contribution in [0.1, 0.15) is 5.56 Å². The normalized spacial score (nSPS) is 11.0. The molecule has 0 saturated carbocycles. The molecule has 4 aromatic rings. The predicted octanol–water partition coefficient (Wildman–Crippen LogP) is 4.64. The Morgan fingerprint density at radius 1 is 1.00 bits per heavy atom. The average Bonchev–Trinajstić information content (AvgIpc) is 3.26. The van der Waals surface area contributed by atoms with E-state index in [-0.39, 0.29) is 0 Å². The second-order valence-corrected chi connectivity index (χ2v) is 7.26. The number of rotatable bonds is 4. The van der Waals surface area contributed by atoms with Gasteiger partial charge in [0.1, 0.15) is 0 Å². The first-order valence-electron chi connectivity index (χ1n) is 7.61. The molecule has 0 aliphatic heterocycles. The Balaban J connectivity index is 1.88. The second-order valence-electron chi connectivity index (χ2n) is 5.50. The molecule has 130 valence electrons. The maximum Gasteiger partial charge on any atom is 0.162 e. The molecule has 26 heavy (non-hydrogen) atoms. The lowest BCUT2D eigenvalue weighted by molar-refractivity contribution is 0.573. The Labute approximate surface area is 167 Å². The van der Waals surface area contributed by atoms with Gasteiger partial charge in [-0.1, -0.05) is 51.3 Å². The third-order valence-corrected chi connectivity index (χ3v) is 4.87. The minimum Gasteiger partial charge on any atom is -0.231 e. The van der Waals surface area contributed by atoms with Gasteiger partial charge in [-0.15, -0.1) is 10.2 Å². The summed E-state index contributed by atoms with van der Waals surface area (Å²) >= 11 is 15.9. The topological polar surface area (TPSA) is 61.4 Å². The SMILES string of the molecule is Clc1ccc(-n2ncc(Cn3ncnn3)c2-c2ccc(Br)cc2)c(Cl)c1. The molecule has 0 saturated heterocycles. The summed E-state index contributed by atoms with van der Waals surface area (Å²) in [5.41, 5.74) is 3.58. The van der Waals surface area contributed by atoms with Gasteiger partial charge < -0.3 is 0 Å². The van der Waals surface area contributed by atoms with Gasteiger partial charge >= 0.3 is 0 Å². The maximum atomic E-state index is 6.41. The molecule has 9 heteroatoms. The molecule has 2 aromatic heterocycles. The van der Waals surface area contributed by atoms with Crippen molar-refractivity contribution in [2.24, 2.45) is 0 Å². The second kappa shape index (κ2) is 7.19. The number of tetrazole rings is 1. The fourth-order valence-corrected chi connectivity index (χ4v) is 3.42. The summed E-state index contributed by atoms with van der Waals surface area (Å²) in [5, 5.41) is 17.4. The van der Waals surface area contributed by atoms with Crippen LogP contribution in [0.25, 0.3) is 16.9 Å². The fraction of sp³-hybridized carbons (Fsp3) is 0.0588. The van der Waals surface area contributed by atoms with Crippen molar-refractivity contribution < 1.29 is 0 Å². The van der Waals surface area contributed by atoms with Crippen LogP contribution in [0.3, 0.4) is 0 Å². The van der Waals surface area contributed by atoms with E-state index in [4.69, 9.17) is 23.2 Å². The third kappa shape index (κ3) is 3.38. The van der Waals surface area contributed by atoms with Crippen molar-refractivity contribution in [1.29, 1.82) is 0 Å². The van der Waals surface area contributed by atoms with Gasteiger partial charge in [-0.05, 0) is 35.5 Å². The van der Waals surface area contributed by atoms with Crippen molar-refractivity contribution in [2.45, 2.75) is 6.54 Å². The summed E-state index contributed by atoms with van der Waals surface area (Å²) in [5.74, 6) is 0. The van der Waals surface area contributed by atoms with E-state index in [1.54, 1.807) is 23.0 Å². The molecule has 0 spiro atoms. The molecular formula is C17H11BrCl2N6. The summed E-state index contributed by atoms with van der Waals surface area (Å²) in [7, 11) is 0. The molecule has 0 N–H and O–H groups in total. The summed E-state index contributed by atoms with van der Waals surface area (Å²) in [6, 6.07) is 13.3. The van der Waals surface area contributed by atoms with Crippen LogP contribution >= 0.6 is 39.1 Å². The Kier molecular flexibility index (Phi) is 4.76. The standard InChI is InChI=1S/C17H11BrCl2N6/c18-13-3-1-11(2-4-13)17-12(9-25-23-10-21-24-25)8-22-26(17)16-6-5-14(19)7-15(16)20/h1-8,10H,9H2. The van der Waals surface area contributed by atoms with E-state index in [2.05, 4.69) is 36.4 Å². The molecule has 0 bridgehead atoms. The zero-order valence-electron chi connectivity index (χ0n) is 13.2. The lowest BCUT2D eigenvalue weighted by atomic mass is 10.1.